The molecular weight excluding hydrogens is 498 g/mol. The van der Waals surface area contributed by atoms with Gasteiger partial charge in [-0.3, -0.25) is 4.90 Å². The Kier molecular flexibility index (Phi) is 4.85. The second kappa shape index (κ2) is 10.3. The maximum absolute atomic E-state index is 15.4. The molecule has 3 aromatic carbocycles. The third-order valence-corrected chi connectivity index (χ3v) is 6.31. The summed E-state index contributed by atoms with van der Waals surface area (Å²) in [6, 6.07) is 7.62. The molecule has 0 N–H and O–H groups in total. The van der Waals surface area contributed by atoms with E-state index in [-0.39, 0.29) is 27.8 Å². The number of cyclic esters (lactones) is 1. The molecule has 202 valence electrons. The van der Waals surface area contributed by atoms with E-state index in [1.54, 1.807) is 6.92 Å². The van der Waals surface area contributed by atoms with Gasteiger partial charge in [0, 0.05) is 17.1 Å². The van der Waals surface area contributed by atoms with Crippen molar-refractivity contribution < 1.29 is 44.2 Å². The highest BCUT2D eigenvalue weighted by Gasteiger charge is 2.41. The minimum absolute atomic E-state index is 0.0168. The summed E-state index contributed by atoms with van der Waals surface area (Å²) in [7, 11) is -3.13. The van der Waals surface area contributed by atoms with Crippen molar-refractivity contribution in [1.29, 1.82) is 0 Å². The van der Waals surface area contributed by atoms with Gasteiger partial charge in [0.2, 0.25) is 0 Å². The largest absolute Gasteiger partial charge is 0.496 e. The monoisotopic (exact) mass is 538 g/mol. The lowest BCUT2D eigenvalue weighted by Gasteiger charge is -2.24. The van der Waals surface area contributed by atoms with Crippen LogP contribution in [-0.2, 0) is 17.4 Å². The third-order valence-electron chi connectivity index (χ3n) is 6.31. The summed E-state index contributed by atoms with van der Waals surface area (Å²) in [4.78, 5) is 14.0. The van der Waals surface area contributed by atoms with Crippen molar-refractivity contribution >= 4 is 6.09 Å². The van der Waals surface area contributed by atoms with E-state index in [1.807, 2.05) is 0 Å². The zero-order valence-corrected chi connectivity index (χ0v) is 21.0. The Morgan fingerprint density at radius 3 is 2.58 bits per heavy atom. The highest BCUT2D eigenvalue weighted by atomic mass is 19.4. The number of amides is 1. The molecule has 0 saturated carbocycles. The van der Waals surface area contributed by atoms with Crippen LogP contribution in [0.25, 0.3) is 11.1 Å². The van der Waals surface area contributed by atoms with E-state index in [0.29, 0.717) is 16.5 Å². The Morgan fingerprint density at radius 1 is 1.13 bits per heavy atom. The Hall–Kier alpha value is -3.55. The first kappa shape index (κ1) is 17.9. The quantitative estimate of drug-likeness (QED) is 0.296. The van der Waals surface area contributed by atoms with Gasteiger partial charge in [0.1, 0.15) is 17.7 Å². The zero-order chi connectivity index (χ0) is 35.7. The number of methoxy groups -OCH3 is 1. The summed E-state index contributed by atoms with van der Waals surface area (Å²) in [6.45, 7) is -0.495. The van der Waals surface area contributed by atoms with E-state index < -0.39 is 73.4 Å². The van der Waals surface area contributed by atoms with E-state index in [9.17, 15) is 20.7 Å². The average molecular weight is 539 g/mol. The number of benzene rings is 3. The Balaban J connectivity index is 1.92. The molecule has 1 aliphatic rings. The molecule has 0 aliphatic carbocycles. The van der Waals surface area contributed by atoms with Crippen molar-refractivity contribution in [3.8, 4) is 16.9 Å². The van der Waals surface area contributed by atoms with Crippen LogP contribution in [0.2, 0.25) is 0 Å². The van der Waals surface area contributed by atoms with E-state index in [0.717, 1.165) is 25.1 Å². The van der Waals surface area contributed by atoms with Crippen molar-refractivity contribution in [2.45, 2.75) is 65.3 Å². The minimum atomic E-state index is -4.70. The van der Waals surface area contributed by atoms with Gasteiger partial charge in [-0.15, -0.1) is 0 Å². The van der Waals surface area contributed by atoms with Crippen LogP contribution in [0.4, 0.5) is 22.4 Å². The van der Waals surface area contributed by atoms with Gasteiger partial charge in [0.05, 0.1) is 32.0 Å². The van der Waals surface area contributed by atoms with Gasteiger partial charge >= 0.3 is 12.3 Å². The molecule has 1 aliphatic heterocycles. The highest BCUT2D eigenvalue weighted by molar-refractivity contribution is 5.76. The summed E-state index contributed by atoms with van der Waals surface area (Å²) in [5.74, 6) is -4.42. The van der Waals surface area contributed by atoms with Crippen molar-refractivity contribution in [3.05, 3.63) is 87.7 Å². The van der Waals surface area contributed by atoms with Gasteiger partial charge in [0.25, 0.3) is 0 Å². The predicted molar refractivity (Wildman–Crippen MR) is 138 cm³/mol. The van der Waals surface area contributed by atoms with Crippen molar-refractivity contribution in [2.24, 2.45) is 0 Å². The normalized spacial score (nSPS) is 23.8. The van der Waals surface area contributed by atoms with Crippen LogP contribution in [0.5, 0.6) is 5.75 Å². The van der Waals surface area contributed by atoms with Crippen LogP contribution >= 0.6 is 0 Å². The fourth-order valence-corrected chi connectivity index (χ4v) is 4.45. The third kappa shape index (κ3) is 5.35. The number of rotatable bonds is 6. The number of carbonyl (C=O) groups is 1. The lowest BCUT2D eigenvalue weighted by molar-refractivity contribution is -0.137. The van der Waals surface area contributed by atoms with Gasteiger partial charge in [-0.05, 0) is 67.1 Å². The highest BCUT2D eigenvalue weighted by Crippen LogP contribution is 2.40. The number of hydrogen-bond acceptors (Lipinski definition) is 3. The number of ether oxygens (including phenoxy) is 2. The topological polar surface area (TPSA) is 38.8 Å². The molecule has 0 radical (unpaired) electrons. The lowest BCUT2D eigenvalue weighted by Crippen LogP contribution is -2.31. The van der Waals surface area contributed by atoms with Crippen LogP contribution in [0.3, 0.4) is 0 Å². The SMILES string of the molecule is [2H]C([2H])([2H])Oc1cc(F)c(C([2H])(C)C([2H])([2H])[2H])cc1-c1ccc(C)cc1C([2H])([2H])N1C(=O)O[C@H](c2cc(C)cc(C(F)(F)F)c2)[C@@H]1C. The fourth-order valence-electron chi connectivity index (χ4n) is 4.45. The van der Waals surface area contributed by atoms with Crippen molar-refractivity contribution in [2.75, 3.05) is 7.04 Å². The molecule has 1 unspecified atom stereocenters. The number of alkyl halides is 3. The lowest BCUT2D eigenvalue weighted by atomic mass is 9.92. The molecule has 4 rings (SSSR count). The van der Waals surface area contributed by atoms with Crippen LogP contribution < -0.4 is 4.74 Å². The molecular formula is C30H31F4NO3. The van der Waals surface area contributed by atoms with E-state index in [4.69, 9.17) is 19.1 Å². The molecule has 1 amide bonds. The minimum Gasteiger partial charge on any atom is -0.496 e. The van der Waals surface area contributed by atoms with Gasteiger partial charge in [-0.2, -0.15) is 13.2 Å². The molecule has 4 nitrogen and oxygen atoms in total. The van der Waals surface area contributed by atoms with Gasteiger partial charge < -0.3 is 9.47 Å². The Morgan fingerprint density at radius 2 is 1.89 bits per heavy atom. The number of halogens is 4. The maximum Gasteiger partial charge on any atom is 0.416 e. The number of aryl methyl sites for hydroxylation is 2. The first-order chi connectivity index (χ1) is 21.3. The molecule has 3 atom stereocenters. The van der Waals surface area contributed by atoms with Gasteiger partial charge in [0.15, 0.2) is 0 Å². The molecule has 0 aromatic heterocycles. The summed E-state index contributed by atoms with van der Waals surface area (Å²) in [5, 5.41) is 0. The summed E-state index contributed by atoms with van der Waals surface area (Å²) < 4.78 is 140. The fraction of sp³-hybridized carbons (Fsp3) is 0.367. The standard InChI is InChI=1S/C30H31F4NO3/c1-16(2)24-13-25(27(37-6)14-26(24)31)23-8-7-17(3)9-21(23)15-35-19(5)28(38-29(35)36)20-10-18(4)11-22(12-20)30(32,33)34/h7-14,16,19,28H,15H2,1-6H3/t19-,28-/m0/s1/i1D3,6D3,15D2,16D/t16?,19-,28-. The van der Waals surface area contributed by atoms with Crippen molar-refractivity contribution in [1.82, 2.24) is 4.90 Å². The smallest absolute Gasteiger partial charge is 0.416 e. The molecule has 1 heterocycles. The zero-order valence-electron chi connectivity index (χ0n) is 30.0. The molecule has 38 heavy (non-hydrogen) atoms. The molecule has 0 spiro atoms. The van der Waals surface area contributed by atoms with Crippen LogP contribution in [-0.4, -0.2) is 24.1 Å². The van der Waals surface area contributed by atoms with E-state index >= 15 is 4.39 Å². The summed E-state index contributed by atoms with van der Waals surface area (Å²) in [5.41, 5.74) is -1.67. The number of carbonyl (C=O) groups excluding carboxylic acids is 1. The van der Waals surface area contributed by atoms with Gasteiger partial charge in [-0.1, -0.05) is 49.2 Å². The van der Waals surface area contributed by atoms with Gasteiger partial charge in [-0.25, -0.2) is 9.18 Å². The second-order valence-corrected chi connectivity index (χ2v) is 9.26. The molecule has 1 fully saturated rings. The summed E-state index contributed by atoms with van der Waals surface area (Å²) >= 11 is 0. The van der Waals surface area contributed by atoms with E-state index in [2.05, 4.69) is 0 Å². The van der Waals surface area contributed by atoms with Crippen LogP contribution in [0, 0.1) is 19.7 Å². The second-order valence-electron chi connectivity index (χ2n) is 9.26. The number of nitrogens with zero attached hydrogens (tertiary/aromatic N) is 1. The first-order valence-electron chi connectivity index (χ1n) is 16.1. The molecule has 3 aromatic rings. The molecule has 8 heteroatoms. The van der Waals surface area contributed by atoms with Crippen LogP contribution in [0.15, 0.2) is 48.5 Å². The maximum atomic E-state index is 15.4. The molecule has 1 saturated heterocycles. The van der Waals surface area contributed by atoms with Crippen LogP contribution in [0.1, 0.15) is 78.4 Å². The molecule has 0 bridgehead atoms. The Labute approximate surface area is 232 Å². The first-order valence-corrected chi connectivity index (χ1v) is 11.6. The van der Waals surface area contributed by atoms with Crippen molar-refractivity contribution in [3.63, 3.8) is 0 Å². The predicted octanol–water partition coefficient (Wildman–Crippen LogP) is 8.34. The summed E-state index contributed by atoms with van der Waals surface area (Å²) in [6.07, 6.45) is -7.22. The van der Waals surface area contributed by atoms with E-state index in [1.165, 1.54) is 38.1 Å². The Bertz CT molecular complexity index is 1710. The number of hydrogen-bond donors (Lipinski definition) is 0. The average Bonchev–Trinajstić information content (AvgIpc) is 3.20.